The second-order valence-electron chi connectivity index (χ2n) is 5.94. The van der Waals surface area contributed by atoms with Crippen LogP contribution in [0.25, 0.3) is 0 Å². The molecule has 0 aliphatic carbocycles. The predicted octanol–water partition coefficient (Wildman–Crippen LogP) is 2.26. The van der Waals surface area contributed by atoms with Crippen LogP contribution in [0.4, 0.5) is 11.4 Å². The van der Waals surface area contributed by atoms with E-state index in [0.29, 0.717) is 13.0 Å². The molecule has 1 fully saturated rings. The van der Waals surface area contributed by atoms with Crippen molar-refractivity contribution < 1.29 is 9.59 Å². The number of hydrogen-bond donors (Lipinski definition) is 1. The van der Waals surface area contributed by atoms with Crippen molar-refractivity contribution in [1.29, 1.82) is 0 Å². The molecule has 0 unspecified atom stereocenters. The van der Waals surface area contributed by atoms with Gasteiger partial charge in [0.05, 0.1) is 11.4 Å². The highest BCUT2D eigenvalue weighted by Crippen LogP contribution is 2.32. The lowest BCUT2D eigenvalue weighted by molar-refractivity contribution is -0.138. The Morgan fingerprint density at radius 3 is 2.68 bits per heavy atom. The summed E-state index contributed by atoms with van der Waals surface area (Å²) in [6.45, 7) is 5.92. The Kier molecular flexibility index (Phi) is 4.54. The number of amides is 2. The van der Waals surface area contributed by atoms with E-state index >= 15 is 0 Å². The zero-order chi connectivity index (χ0) is 16.3. The molecule has 1 atom stereocenters. The maximum atomic E-state index is 12.8. The summed E-state index contributed by atoms with van der Waals surface area (Å²) in [4.78, 5) is 28.3. The number of rotatable bonds is 4. The van der Waals surface area contributed by atoms with Crippen molar-refractivity contribution in [2.75, 3.05) is 30.9 Å². The van der Waals surface area contributed by atoms with Crippen LogP contribution in [0, 0.1) is 0 Å². The predicted molar refractivity (Wildman–Crippen MR) is 88.9 cm³/mol. The first-order chi connectivity index (χ1) is 10.4. The minimum absolute atomic E-state index is 0.158. The molecule has 118 valence electrons. The molecule has 0 bridgehead atoms. The molecule has 5 nitrogen and oxygen atoms in total. The number of anilines is 2. The van der Waals surface area contributed by atoms with Gasteiger partial charge in [0.1, 0.15) is 5.54 Å². The van der Waals surface area contributed by atoms with Gasteiger partial charge in [0, 0.05) is 20.6 Å². The number of carbonyl (C=O) groups excluding carboxylic acids is 2. The molecule has 1 aliphatic rings. The maximum absolute atomic E-state index is 12.8. The lowest BCUT2D eigenvalue weighted by atomic mass is 9.97. The summed E-state index contributed by atoms with van der Waals surface area (Å²) in [6.07, 6.45) is 2.74. The fourth-order valence-electron chi connectivity index (χ4n) is 2.89. The quantitative estimate of drug-likeness (QED) is 0.868. The third kappa shape index (κ3) is 2.84. The first-order valence-corrected chi connectivity index (χ1v) is 7.42. The lowest BCUT2D eigenvalue weighted by Crippen LogP contribution is -2.52. The summed E-state index contributed by atoms with van der Waals surface area (Å²) in [5.74, 6) is -0.356. The lowest BCUT2D eigenvalue weighted by Gasteiger charge is -2.33. The molecule has 1 N–H and O–H groups in total. The number of nitrogens with zero attached hydrogens (tertiary/aromatic N) is 2. The van der Waals surface area contributed by atoms with Gasteiger partial charge in [-0.05, 0) is 38.0 Å². The van der Waals surface area contributed by atoms with Gasteiger partial charge in [-0.1, -0.05) is 18.7 Å². The topological polar surface area (TPSA) is 52.7 Å². The Morgan fingerprint density at radius 1 is 1.36 bits per heavy atom. The van der Waals surface area contributed by atoms with Gasteiger partial charge in [0.2, 0.25) is 11.8 Å². The van der Waals surface area contributed by atoms with E-state index in [1.807, 2.05) is 50.2 Å². The third-order valence-corrected chi connectivity index (χ3v) is 4.20. The van der Waals surface area contributed by atoms with Gasteiger partial charge in [-0.25, -0.2) is 0 Å². The minimum Gasteiger partial charge on any atom is -0.376 e. The summed E-state index contributed by atoms with van der Waals surface area (Å²) in [6, 6.07) is 7.62. The van der Waals surface area contributed by atoms with Crippen LogP contribution in [0.5, 0.6) is 0 Å². The standard InChI is InChI=1S/C17H23N3O2/c1-5-15(21)20-12-8-11-17(20,2)16(22)18-13-9-6-7-10-14(13)19(3)4/h5-7,9-10H,1,8,11-12H2,2-4H3,(H,18,22)/t17-/m1/s1. The molecule has 0 saturated carbocycles. The molecule has 1 aromatic carbocycles. The summed E-state index contributed by atoms with van der Waals surface area (Å²) in [5, 5.41) is 2.97. The van der Waals surface area contributed by atoms with E-state index in [2.05, 4.69) is 11.9 Å². The van der Waals surface area contributed by atoms with Crippen LogP contribution in [-0.4, -0.2) is 42.9 Å². The highest BCUT2D eigenvalue weighted by Gasteiger charge is 2.45. The number of carbonyl (C=O) groups is 2. The van der Waals surface area contributed by atoms with Gasteiger partial charge in [0.15, 0.2) is 0 Å². The first kappa shape index (κ1) is 16.1. The molecule has 22 heavy (non-hydrogen) atoms. The van der Waals surface area contributed by atoms with Crippen molar-refractivity contribution in [3.63, 3.8) is 0 Å². The Balaban J connectivity index is 2.25. The van der Waals surface area contributed by atoms with Crippen molar-refractivity contribution in [3.8, 4) is 0 Å². The van der Waals surface area contributed by atoms with Gasteiger partial charge in [-0.2, -0.15) is 0 Å². The largest absolute Gasteiger partial charge is 0.376 e. The number of benzene rings is 1. The normalized spacial score (nSPS) is 20.6. The molecule has 0 aromatic heterocycles. The Labute approximate surface area is 131 Å². The number of nitrogens with one attached hydrogen (secondary N) is 1. The van der Waals surface area contributed by atoms with Gasteiger partial charge in [0.25, 0.3) is 0 Å². The molecule has 1 saturated heterocycles. The smallest absolute Gasteiger partial charge is 0.250 e. The van der Waals surface area contributed by atoms with Gasteiger partial charge in [-0.15, -0.1) is 0 Å². The van der Waals surface area contributed by atoms with Crippen LogP contribution in [0.15, 0.2) is 36.9 Å². The van der Waals surface area contributed by atoms with E-state index in [4.69, 9.17) is 0 Å². The SMILES string of the molecule is C=CC(=O)N1CCC[C@]1(C)C(=O)Nc1ccccc1N(C)C. The van der Waals surface area contributed by atoms with E-state index in [1.54, 1.807) is 4.90 Å². The van der Waals surface area contributed by atoms with Crippen molar-refractivity contribution in [3.05, 3.63) is 36.9 Å². The monoisotopic (exact) mass is 301 g/mol. The van der Waals surface area contributed by atoms with Crippen LogP contribution in [0.3, 0.4) is 0 Å². The van der Waals surface area contributed by atoms with E-state index in [9.17, 15) is 9.59 Å². The Hall–Kier alpha value is -2.30. The second-order valence-corrected chi connectivity index (χ2v) is 5.94. The molecular formula is C17H23N3O2. The Morgan fingerprint density at radius 2 is 2.05 bits per heavy atom. The second kappa shape index (κ2) is 6.22. The van der Waals surface area contributed by atoms with E-state index in [1.165, 1.54) is 6.08 Å². The van der Waals surface area contributed by atoms with Crippen LogP contribution in [0.2, 0.25) is 0 Å². The van der Waals surface area contributed by atoms with E-state index in [-0.39, 0.29) is 11.8 Å². The van der Waals surface area contributed by atoms with Crippen LogP contribution in [0.1, 0.15) is 19.8 Å². The highest BCUT2D eigenvalue weighted by atomic mass is 16.2. The van der Waals surface area contributed by atoms with Crippen molar-refractivity contribution in [2.45, 2.75) is 25.3 Å². The van der Waals surface area contributed by atoms with E-state index in [0.717, 1.165) is 17.8 Å². The molecule has 0 radical (unpaired) electrons. The fraction of sp³-hybridized carbons (Fsp3) is 0.412. The van der Waals surface area contributed by atoms with Gasteiger partial charge >= 0.3 is 0 Å². The zero-order valence-corrected chi connectivity index (χ0v) is 13.4. The van der Waals surface area contributed by atoms with Gasteiger partial charge in [-0.3, -0.25) is 9.59 Å². The number of para-hydroxylation sites is 2. The minimum atomic E-state index is -0.829. The molecule has 1 heterocycles. The summed E-state index contributed by atoms with van der Waals surface area (Å²) in [5.41, 5.74) is 0.848. The zero-order valence-electron chi connectivity index (χ0n) is 13.4. The molecule has 1 aliphatic heterocycles. The summed E-state index contributed by atoms with van der Waals surface area (Å²) in [7, 11) is 3.85. The molecule has 0 spiro atoms. The van der Waals surface area contributed by atoms with Crippen LogP contribution in [-0.2, 0) is 9.59 Å². The van der Waals surface area contributed by atoms with Gasteiger partial charge < -0.3 is 15.1 Å². The average molecular weight is 301 g/mol. The van der Waals surface area contributed by atoms with Crippen LogP contribution >= 0.6 is 0 Å². The number of likely N-dealkylation sites (tertiary alicyclic amines) is 1. The molecule has 1 aromatic rings. The van der Waals surface area contributed by atoms with Crippen molar-refractivity contribution in [2.24, 2.45) is 0 Å². The third-order valence-electron chi connectivity index (χ3n) is 4.20. The summed E-state index contributed by atoms with van der Waals surface area (Å²) < 4.78 is 0. The molecule has 5 heteroatoms. The Bertz CT molecular complexity index is 597. The number of hydrogen-bond acceptors (Lipinski definition) is 3. The highest BCUT2D eigenvalue weighted by molar-refractivity contribution is 6.03. The first-order valence-electron chi connectivity index (χ1n) is 7.42. The molecule has 2 rings (SSSR count). The van der Waals surface area contributed by atoms with Crippen molar-refractivity contribution in [1.82, 2.24) is 4.90 Å². The van der Waals surface area contributed by atoms with Crippen molar-refractivity contribution >= 4 is 23.2 Å². The molecular weight excluding hydrogens is 278 g/mol. The molecule has 2 amide bonds. The average Bonchev–Trinajstić information content (AvgIpc) is 2.90. The fourth-order valence-corrected chi connectivity index (χ4v) is 2.89. The maximum Gasteiger partial charge on any atom is 0.250 e. The van der Waals surface area contributed by atoms with Crippen LogP contribution < -0.4 is 10.2 Å². The summed E-state index contributed by atoms with van der Waals surface area (Å²) >= 11 is 0. The van der Waals surface area contributed by atoms with E-state index < -0.39 is 5.54 Å².